The summed E-state index contributed by atoms with van der Waals surface area (Å²) < 4.78 is 18.5. The fourth-order valence-electron chi connectivity index (χ4n) is 1.58. The molecule has 1 atom stereocenters. The van der Waals surface area contributed by atoms with Gasteiger partial charge in [-0.05, 0) is 33.4 Å². The fourth-order valence-corrected chi connectivity index (χ4v) is 1.58. The topological polar surface area (TPSA) is 16.8 Å². The molecule has 0 aromatic carbocycles. The molecule has 1 unspecified atom stereocenters. The Morgan fingerprint density at radius 1 is 1.73 bits per heavy atom. The molecule has 1 aliphatic rings. The molecule has 0 radical (unpaired) electrons. The fraction of sp³-hybridized carbons (Fsp3) is 0.727. The van der Waals surface area contributed by atoms with Crippen LogP contribution in [0.4, 0.5) is 4.39 Å². The highest BCUT2D eigenvalue weighted by molar-refractivity contribution is 5.01. The predicted molar refractivity (Wildman–Crippen MR) is 56.9 cm³/mol. The first-order valence-corrected chi connectivity index (χ1v) is 5.02. The van der Waals surface area contributed by atoms with Gasteiger partial charge < -0.3 is 9.58 Å². The average Bonchev–Trinajstić information content (AvgIpc) is 2.41. The Labute approximate surface area is 90.3 Å². The Hall–Kier alpha value is -0.920. The van der Waals surface area contributed by atoms with E-state index in [2.05, 4.69) is 9.74 Å². The predicted octanol–water partition coefficient (Wildman–Crippen LogP) is 2.22. The lowest BCUT2D eigenvalue weighted by Gasteiger charge is -2.29. The summed E-state index contributed by atoms with van der Waals surface area (Å²) in [6, 6.07) is 0.205. The molecule has 15 heavy (non-hydrogen) atoms. The summed E-state index contributed by atoms with van der Waals surface area (Å²) >= 11 is 0. The molecule has 0 N–H and O–H groups in total. The second-order valence-electron chi connectivity index (χ2n) is 4.23. The van der Waals surface area contributed by atoms with Gasteiger partial charge in [-0.15, -0.1) is 0 Å². The Bertz CT molecular complexity index is 293. The summed E-state index contributed by atoms with van der Waals surface area (Å²) in [5.41, 5.74) is -0.269. The molecule has 0 aromatic rings. The van der Waals surface area contributed by atoms with Crippen molar-refractivity contribution in [1.82, 2.24) is 4.90 Å². The van der Waals surface area contributed by atoms with Gasteiger partial charge in [-0.1, -0.05) is 0 Å². The summed E-state index contributed by atoms with van der Waals surface area (Å²) in [4.78, 5) is 5.08. The van der Waals surface area contributed by atoms with E-state index in [0.29, 0.717) is 13.0 Å². The maximum absolute atomic E-state index is 13.0. The van der Waals surface area contributed by atoms with E-state index < -0.39 is 0 Å². The number of ether oxygens (including phenoxy) is 1. The lowest BCUT2D eigenvalue weighted by Crippen LogP contribution is -2.40. The van der Waals surface area contributed by atoms with Gasteiger partial charge in [0.15, 0.2) is 5.83 Å². The van der Waals surface area contributed by atoms with Crippen LogP contribution in [0.25, 0.3) is 4.85 Å². The van der Waals surface area contributed by atoms with Crippen molar-refractivity contribution < 1.29 is 9.13 Å². The number of nitrogens with zero attached hydrogens (tertiary/aromatic N) is 2. The van der Waals surface area contributed by atoms with E-state index in [1.54, 1.807) is 0 Å². The zero-order valence-corrected chi connectivity index (χ0v) is 9.46. The van der Waals surface area contributed by atoms with Crippen LogP contribution in [0.5, 0.6) is 0 Å². The van der Waals surface area contributed by atoms with E-state index in [-0.39, 0.29) is 24.1 Å². The molecule has 0 aliphatic carbocycles. The normalized spacial score (nSPS) is 26.6. The minimum absolute atomic E-state index is 0.152. The van der Waals surface area contributed by atoms with Gasteiger partial charge in [-0.2, -0.15) is 0 Å². The molecule has 1 rings (SSSR count). The van der Waals surface area contributed by atoms with E-state index in [1.165, 1.54) is 6.08 Å². The Morgan fingerprint density at radius 3 is 2.87 bits per heavy atom. The third-order valence-corrected chi connectivity index (χ3v) is 2.87. The quantitative estimate of drug-likeness (QED) is 0.667. The van der Waals surface area contributed by atoms with Gasteiger partial charge in [-0.3, -0.25) is 4.90 Å². The van der Waals surface area contributed by atoms with Crippen molar-refractivity contribution in [1.29, 1.82) is 0 Å². The molecule has 0 bridgehead atoms. The number of hydrogen-bond donors (Lipinski definition) is 0. The molecule has 1 heterocycles. The van der Waals surface area contributed by atoms with Crippen molar-refractivity contribution in [2.45, 2.75) is 32.0 Å². The Balaban J connectivity index is 2.49. The molecule has 1 fully saturated rings. The van der Waals surface area contributed by atoms with E-state index in [1.807, 2.05) is 20.9 Å². The van der Waals surface area contributed by atoms with Crippen molar-refractivity contribution in [2.24, 2.45) is 0 Å². The third-order valence-electron chi connectivity index (χ3n) is 2.87. The van der Waals surface area contributed by atoms with Crippen molar-refractivity contribution in [3.05, 3.63) is 23.3 Å². The summed E-state index contributed by atoms with van der Waals surface area (Å²) in [6.07, 6.45) is 2.09. The highest BCUT2D eigenvalue weighted by Gasteiger charge is 2.36. The lowest BCUT2D eigenvalue weighted by atomic mass is 10.1. The van der Waals surface area contributed by atoms with Crippen LogP contribution >= 0.6 is 0 Å². The molecule has 0 amide bonds. The molecule has 0 spiro atoms. The number of rotatable bonds is 3. The van der Waals surface area contributed by atoms with Crippen LogP contribution in [0.2, 0.25) is 0 Å². The summed E-state index contributed by atoms with van der Waals surface area (Å²) in [5, 5.41) is 0. The Kier molecular flexibility index (Phi) is 3.83. The van der Waals surface area contributed by atoms with Gasteiger partial charge in [0.05, 0.1) is 6.61 Å². The van der Waals surface area contributed by atoms with Crippen molar-refractivity contribution in [2.75, 3.05) is 20.2 Å². The van der Waals surface area contributed by atoms with Gasteiger partial charge in [0.2, 0.25) is 0 Å². The smallest absolute Gasteiger partial charge is 0.265 e. The van der Waals surface area contributed by atoms with Gasteiger partial charge in [0.25, 0.3) is 6.54 Å². The number of hydrogen-bond acceptors (Lipinski definition) is 2. The first-order chi connectivity index (χ1) is 6.97. The summed E-state index contributed by atoms with van der Waals surface area (Å²) in [6.45, 7) is 11.0. The van der Waals surface area contributed by atoms with E-state index in [0.717, 1.165) is 0 Å². The number of likely N-dealkylation sites (N-methyl/N-ethyl adjacent to an activating group) is 1. The van der Waals surface area contributed by atoms with Crippen molar-refractivity contribution in [3.8, 4) is 0 Å². The molecule has 1 saturated heterocycles. The van der Waals surface area contributed by atoms with Crippen LogP contribution in [-0.4, -0.2) is 36.9 Å². The first-order valence-electron chi connectivity index (χ1n) is 5.02. The molecule has 3 nitrogen and oxygen atoms in total. The SMILES string of the molecule is [C-]#[N+]CC(F)=CCC1COC(C)(C)N1C. The molecule has 4 heteroatoms. The molecular weight excluding hydrogens is 195 g/mol. The highest BCUT2D eigenvalue weighted by Crippen LogP contribution is 2.27. The van der Waals surface area contributed by atoms with Crippen molar-refractivity contribution >= 4 is 0 Å². The van der Waals surface area contributed by atoms with Gasteiger partial charge in [0, 0.05) is 6.04 Å². The van der Waals surface area contributed by atoms with Gasteiger partial charge >= 0.3 is 0 Å². The average molecular weight is 212 g/mol. The largest absolute Gasteiger partial charge is 0.359 e. The van der Waals surface area contributed by atoms with E-state index in [4.69, 9.17) is 11.3 Å². The second kappa shape index (κ2) is 4.73. The first kappa shape index (κ1) is 12.2. The van der Waals surface area contributed by atoms with E-state index >= 15 is 0 Å². The molecule has 1 aliphatic heterocycles. The Morgan fingerprint density at radius 2 is 2.40 bits per heavy atom. The zero-order valence-electron chi connectivity index (χ0n) is 9.46. The van der Waals surface area contributed by atoms with Gasteiger partial charge in [0.1, 0.15) is 5.72 Å². The van der Waals surface area contributed by atoms with Gasteiger partial charge in [-0.25, -0.2) is 11.0 Å². The number of halogens is 1. The molecule has 0 aromatic heterocycles. The summed E-state index contributed by atoms with van der Waals surface area (Å²) in [7, 11) is 1.97. The maximum Gasteiger partial charge on any atom is 0.265 e. The molecule has 84 valence electrons. The van der Waals surface area contributed by atoms with Crippen LogP contribution < -0.4 is 0 Å². The second-order valence-corrected chi connectivity index (χ2v) is 4.23. The standard InChI is InChI=1S/C11H17FN2O/c1-11(2)14(4)10(8-15-11)6-5-9(12)7-13-3/h5,10H,6-8H2,1-2,4H3. The van der Waals surface area contributed by atoms with Crippen LogP contribution in [0.15, 0.2) is 11.9 Å². The van der Waals surface area contributed by atoms with Crippen LogP contribution in [0.3, 0.4) is 0 Å². The monoisotopic (exact) mass is 212 g/mol. The zero-order chi connectivity index (χ0) is 11.5. The van der Waals surface area contributed by atoms with Crippen LogP contribution in [0, 0.1) is 6.57 Å². The van der Waals surface area contributed by atoms with E-state index in [9.17, 15) is 4.39 Å². The van der Waals surface area contributed by atoms with Crippen LogP contribution in [-0.2, 0) is 4.74 Å². The molecule has 0 saturated carbocycles. The minimum atomic E-state index is -0.344. The van der Waals surface area contributed by atoms with Crippen molar-refractivity contribution in [3.63, 3.8) is 0 Å². The maximum atomic E-state index is 13.0. The molecular formula is C11H17FN2O. The minimum Gasteiger partial charge on any atom is -0.359 e. The lowest BCUT2D eigenvalue weighted by molar-refractivity contribution is -0.0411. The summed E-state index contributed by atoms with van der Waals surface area (Å²) in [5.74, 6) is -0.344. The third kappa shape index (κ3) is 3.01. The van der Waals surface area contributed by atoms with Crippen LogP contribution in [0.1, 0.15) is 20.3 Å². The highest BCUT2D eigenvalue weighted by atomic mass is 19.1.